The van der Waals surface area contributed by atoms with Gasteiger partial charge in [-0.2, -0.15) is 5.10 Å². The Morgan fingerprint density at radius 2 is 1.93 bits per heavy atom. The minimum absolute atomic E-state index is 0.0138. The molecule has 29 heavy (non-hydrogen) atoms. The molecule has 3 N–H and O–H groups in total. The van der Waals surface area contributed by atoms with Crippen LogP contribution >= 0.6 is 0 Å². The largest absolute Gasteiger partial charge is 0.447 e. The number of benzene rings is 1. The predicted molar refractivity (Wildman–Crippen MR) is 103 cm³/mol. The Balaban J connectivity index is 1.65. The van der Waals surface area contributed by atoms with Crippen molar-refractivity contribution in [3.63, 3.8) is 0 Å². The SMILES string of the molecule is COCCOC(=O)N1CCC(n2cc(C(N)=O)c(Nc3ccc(F)cc3)n2)CC1. The molecule has 2 heterocycles. The van der Waals surface area contributed by atoms with E-state index in [9.17, 15) is 14.0 Å². The van der Waals surface area contributed by atoms with Crippen LogP contribution in [0.5, 0.6) is 0 Å². The molecular formula is C19H24FN5O4. The third kappa shape index (κ3) is 5.23. The fourth-order valence-electron chi connectivity index (χ4n) is 3.14. The fraction of sp³-hybridized carbons (Fsp3) is 0.421. The van der Waals surface area contributed by atoms with Crippen LogP contribution in [0.2, 0.25) is 0 Å². The molecule has 10 heteroatoms. The standard InChI is InChI=1S/C19H24FN5O4/c1-28-10-11-29-19(27)24-8-6-15(7-9-24)25-12-16(17(21)26)18(23-25)22-14-4-2-13(20)3-5-14/h2-5,12,15H,6-11H2,1H3,(H2,21,26)(H,22,23). The number of nitrogens with one attached hydrogen (secondary N) is 1. The molecule has 1 saturated heterocycles. The van der Waals surface area contributed by atoms with Crippen LogP contribution in [0.4, 0.5) is 20.7 Å². The lowest BCUT2D eigenvalue weighted by atomic mass is 10.1. The number of ether oxygens (including phenoxy) is 2. The zero-order valence-corrected chi connectivity index (χ0v) is 16.1. The summed E-state index contributed by atoms with van der Waals surface area (Å²) in [5.41, 5.74) is 6.32. The summed E-state index contributed by atoms with van der Waals surface area (Å²) in [6, 6.07) is 5.73. The normalized spacial score (nSPS) is 14.6. The minimum Gasteiger partial charge on any atom is -0.447 e. The van der Waals surface area contributed by atoms with E-state index in [0.717, 1.165) is 0 Å². The van der Waals surface area contributed by atoms with Crippen LogP contribution in [-0.2, 0) is 9.47 Å². The van der Waals surface area contributed by atoms with Crippen molar-refractivity contribution in [2.45, 2.75) is 18.9 Å². The number of carbonyl (C=O) groups is 2. The van der Waals surface area contributed by atoms with E-state index >= 15 is 0 Å². The van der Waals surface area contributed by atoms with E-state index in [1.165, 1.54) is 12.1 Å². The van der Waals surface area contributed by atoms with Gasteiger partial charge in [-0.25, -0.2) is 9.18 Å². The number of nitrogens with zero attached hydrogens (tertiary/aromatic N) is 3. The number of hydrogen-bond acceptors (Lipinski definition) is 6. The van der Waals surface area contributed by atoms with Crippen molar-refractivity contribution < 1.29 is 23.5 Å². The van der Waals surface area contributed by atoms with Crippen LogP contribution in [0.25, 0.3) is 0 Å². The maximum Gasteiger partial charge on any atom is 0.409 e. The topological polar surface area (TPSA) is 112 Å². The number of primary amides is 1. The molecular weight excluding hydrogens is 381 g/mol. The number of piperidine rings is 1. The first-order valence-electron chi connectivity index (χ1n) is 9.30. The predicted octanol–water partition coefficient (Wildman–Crippen LogP) is 2.28. The number of methoxy groups -OCH3 is 1. The van der Waals surface area contributed by atoms with Crippen LogP contribution in [0, 0.1) is 5.82 Å². The Morgan fingerprint density at radius 1 is 1.24 bits per heavy atom. The first-order chi connectivity index (χ1) is 14.0. The van der Waals surface area contributed by atoms with Gasteiger partial charge in [0, 0.05) is 32.1 Å². The Kier molecular flexibility index (Phi) is 6.65. The van der Waals surface area contributed by atoms with Gasteiger partial charge in [-0.05, 0) is 37.1 Å². The quantitative estimate of drug-likeness (QED) is 0.684. The summed E-state index contributed by atoms with van der Waals surface area (Å²) in [4.78, 5) is 25.5. The smallest absolute Gasteiger partial charge is 0.409 e. The zero-order chi connectivity index (χ0) is 20.8. The minimum atomic E-state index is -0.611. The average Bonchev–Trinajstić information content (AvgIpc) is 3.14. The van der Waals surface area contributed by atoms with Gasteiger partial charge in [0.2, 0.25) is 0 Å². The molecule has 1 aliphatic heterocycles. The Hall–Kier alpha value is -3.14. The highest BCUT2D eigenvalue weighted by Gasteiger charge is 2.26. The van der Waals surface area contributed by atoms with Crippen LogP contribution < -0.4 is 11.1 Å². The molecule has 2 aromatic rings. The number of halogens is 1. The highest BCUT2D eigenvalue weighted by molar-refractivity contribution is 5.98. The zero-order valence-electron chi connectivity index (χ0n) is 16.1. The molecule has 156 valence electrons. The maximum absolute atomic E-state index is 13.1. The van der Waals surface area contributed by atoms with E-state index in [1.54, 1.807) is 35.0 Å². The first kappa shape index (κ1) is 20.6. The number of aromatic nitrogens is 2. The van der Waals surface area contributed by atoms with Gasteiger partial charge in [-0.15, -0.1) is 0 Å². The number of carbonyl (C=O) groups excluding carboxylic acids is 2. The van der Waals surface area contributed by atoms with Gasteiger partial charge in [-0.1, -0.05) is 0 Å². The van der Waals surface area contributed by atoms with Crippen LogP contribution in [0.1, 0.15) is 29.2 Å². The van der Waals surface area contributed by atoms with E-state index in [1.807, 2.05) is 0 Å². The molecule has 2 amide bonds. The molecule has 1 aromatic carbocycles. The lowest BCUT2D eigenvalue weighted by Crippen LogP contribution is -2.39. The molecule has 0 atom stereocenters. The van der Waals surface area contributed by atoms with Gasteiger partial charge in [0.15, 0.2) is 5.82 Å². The summed E-state index contributed by atoms with van der Waals surface area (Å²) in [6.07, 6.45) is 2.56. The molecule has 1 aromatic heterocycles. The number of rotatable bonds is 7. The Morgan fingerprint density at radius 3 is 2.55 bits per heavy atom. The van der Waals surface area contributed by atoms with Crippen LogP contribution in [0.15, 0.2) is 30.5 Å². The molecule has 3 rings (SSSR count). The molecule has 9 nitrogen and oxygen atoms in total. The number of nitrogens with two attached hydrogens (primary N) is 1. The van der Waals surface area contributed by atoms with Crippen molar-refractivity contribution in [1.29, 1.82) is 0 Å². The van der Waals surface area contributed by atoms with Crippen molar-refractivity contribution in [3.05, 3.63) is 41.8 Å². The van der Waals surface area contributed by atoms with Gasteiger partial charge in [0.25, 0.3) is 5.91 Å². The van der Waals surface area contributed by atoms with Gasteiger partial charge < -0.3 is 25.4 Å². The lowest BCUT2D eigenvalue weighted by Gasteiger charge is -2.31. The Labute approximate surface area is 167 Å². The first-order valence-corrected chi connectivity index (χ1v) is 9.30. The second-order valence-corrected chi connectivity index (χ2v) is 6.69. The molecule has 1 aliphatic rings. The van der Waals surface area contributed by atoms with Crippen molar-refractivity contribution in [2.75, 3.05) is 38.7 Å². The van der Waals surface area contributed by atoms with E-state index in [2.05, 4.69) is 10.4 Å². The molecule has 0 bridgehead atoms. The average molecular weight is 405 g/mol. The maximum atomic E-state index is 13.1. The third-order valence-corrected chi connectivity index (χ3v) is 4.71. The van der Waals surface area contributed by atoms with Crippen LogP contribution in [0.3, 0.4) is 0 Å². The van der Waals surface area contributed by atoms with E-state index < -0.39 is 5.91 Å². The second-order valence-electron chi connectivity index (χ2n) is 6.69. The molecule has 0 radical (unpaired) electrons. The highest BCUT2D eigenvalue weighted by Crippen LogP contribution is 2.26. The lowest BCUT2D eigenvalue weighted by molar-refractivity contribution is 0.0629. The van der Waals surface area contributed by atoms with Crippen molar-refractivity contribution in [1.82, 2.24) is 14.7 Å². The molecule has 0 saturated carbocycles. The summed E-state index contributed by atoms with van der Waals surface area (Å²) in [5, 5.41) is 7.46. The summed E-state index contributed by atoms with van der Waals surface area (Å²) in [6.45, 7) is 1.61. The third-order valence-electron chi connectivity index (χ3n) is 4.71. The fourth-order valence-corrected chi connectivity index (χ4v) is 3.14. The monoisotopic (exact) mass is 405 g/mol. The summed E-state index contributed by atoms with van der Waals surface area (Å²) in [7, 11) is 1.54. The second kappa shape index (κ2) is 9.37. The van der Waals surface area contributed by atoms with E-state index in [-0.39, 0.29) is 30.1 Å². The van der Waals surface area contributed by atoms with Crippen molar-refractivity contribution >= 4 is 23.5 Å². The number of likely N-dealkylation sites (tertiary alicyclic amines) is 1. The molecule has 1 fully saturated rings. The van der Waals surface area contributed by atoms with Gasteiger partial charge >= 0.3 is 6.09 Å². The van der Waals surface area contributed by atoms with Crippen LogP contribution in [-0.4, -0.2) is 60.1 Å². The summed E-state index contributed by atoms with van der Waals surface area (Å²) in [5.74, 6) is -0.658. The Bertz CT molecular complexity index is 847. The molecule has 0 spiro atoms. The van der Waals surface area contributed by atoms with E-state index in [0.29, 0.717) is 44.0 Å². The molecule has 0 aliphatic carbocycles. The summed E-state index contributed by atoms with van der Waals surface area (Å²) >= 11 is 0. The highest BCUT2D eigenvalue weighted by atomic mass is 19.1. The van der Waals surface area contributed by atoms with Crippen molar-refractivity contribution in [2.24, 2.45) is 5.73 Å². The molecule has 0 unspecified atom stereocenters. The number of anilines is 2. The van der Waals surface area contributed by atoms with Gasteiger partial charge in [0.1, 0.15) is 18.0 Å². The van der Waals surface area contributed by atoms with Crippen molar-refractivity contribution in [3.8, 4) is 0 Å². The van der Waals surface area contributed by atoms with Gasteiger partial charge in [0.05, 0.1) is 12.6 Å². The van der Waals surface area contributed by atoms with Gasteiger partial charge in [-0.3, -0.25) is 9.48 Å². The van der Waals surface area contributed by atoms with E-state index in [4.69, 9.17) is 15.2 Å². The number of amides is 2. The summed E-state index contributed by atoms with van der Waals surface area (Å²) < 4.78 is 24.8. The number of hydrogen-bond donors (Lipinski definition) is 2.